The van der Waals surface area contributed by atoms with Crippen LogP contribution < -0.4 is 10.2 Å². The van der Waals surface area contributed by atoms with E-state index in [1.165, 1.54) is 17.3 Å². The quantitative estimate of drug-likeness (QED) is 0.623. The van der Waals surface area contributed by atoms with Crippen molar-refractivity contribution in [3.8, 4) is 0 Å². The predicted octanol–water partition coefficient (Wildman–Crippen LogP) is 3.29. The van der Waals surface area contributed by atoms with Gasteiger partial charge in [-0.3, -0.25) is 4.98 Å². The number of aromatic nitrogens is 5. The molecule has 3 aromatic heterocycles. The van der Waals surface area contributed by atoms with Crippen molar-refractivity contribution < 1.29 is 0 Å². The van der Waals surface area contributed by atoms with Gasteiger partial charge in [0.2, 0.25) is 0 Å². The zero-order valence-corrected chi connectivity index (χ0v) is 18.0. The van der Waals surface area contributed by atoms with Gasteiger partial charge < -0.3 is 10.2 Å². The topological polar surface area (TPSA) is 79.7 Å². The van der Waals surface area contributed by atoms with Crippen molar-refractivity contribution in [2.45, 2.75) is 35.9 Å². The lowest BCUT2D eigenvalue weighted by molar-refractivity contribution is 0.297. The summed E-state index contributed by atoms with van der Waals surface area (Å²) in [7, 11) is 0. The lowest BCUT2D eigenvalue weighted by Gasteiger charge is -2.29. The number of allylic oxidation sites excluding steroid dienone is 1. The molecule has 2 atom stereocenters. The number of hydrogen-bond acceptors (Lipinski definition) is 8. The van der Waals surface area contributed by atoms with Crippen LogP contribution in [0.4, 0.5) is 5.82 Å². The standard InChI is InChI=1S/C21H20ClN7S/c1-2-11-5-14-17(18(11)22)20(29-9-12-7-25-16(12)10-29)28-21(27-14)30-13-6-15-19(26-8-13)24-4-3-23-15/h3-4,6,8,12,16,25H,2,5,7,9-10H2,1H3. The Bertz CT molecular complexity index is 1190. The number of fused-ring (bicyclic) bond motifs is 3. The summed E-state index contributed by atoms with van der Waals surface area (Å²) >= 11 is 8.30. The number of halogens is 1. The van der Waals surface area contributed by atoms with Crippen molar-refractivity contribution in [3.63, 3.8) is 0 Å². The largest absolute Gasteiger partial charge is 0.354 e. The van der Waals surface area contributed by atoms with E-state index in [9.17, 15) is 0 Å². The van der Waals surface area contributed by atoms with E-state index in [1.54, 1.807) is 18.6 Å². The maximum absolute atomic E-state index is 6.78. The summed E-state index contributed by atoms with van der Waals surface area (Å²) in [6.45, 7) is 5.22. The normalized spacial score (nSPS) is 22.4. The van der Waals surface area contributed by atoms with Gasteiger partial charge in [0.25, 0.3) is 0 Å². The summed E-state index contributed by atoms with van der Waals surface area (Å²) in [5.41, 5.74) is 4.71. The van der Waals surface area contributed by atoms with Crippen LogP contribution in [0.1, 0.15) is 24.6 Å². The molecule has 6 rings (SSSR count). The minimum atomic E-state index is 0.560. The summed E-state index contributed by atoms with van der Waals surface area (Å²) in [6.07, 6.45) is 6.86. The van der Waals surface area contributed by atoms with Crippen LogP contribution in [-0.2, 0) is 6.42 Å². The number of rotatable bonds is 4. The van der Waals surface area contributed by atoms with E-state index in [2.05, 4.69) is 32.1 Å². The molecule has 2 saturated heterocycles. The second-order valence-corrected chi connectivity index (χ2v) is 9.37. The molecule has 1 N–H and O–H groups in total. The van der Waals surface area contributed by atoms with Crippen LogP contribution in [0, 0.1) is 5.92 Å². The summed E-state index contributed by atoms with van der Waals surface area (Å²) in [5, 5.41) is 5.09. The highest BCUT2D eigenvalue weighted by Crippen LogP contribution is 2.43. The Kier molecular flexibility index (Phi) is 4.40. The third-order valence-electron chi connectivity index (χ3n) is 6.17. The van der Waals surface area contributed by atoms with Crippen LogP contribution >= 0.6 is 23.4 Å². The highest BCUT2D eigenvalue weighted by Gasteiger charge is 2.41. The van der Waals surface area contributed by atoms with Crippen LogP contribution in [0.3, 0.4) is 0 Å². The Hall–Kier alpha value is -2.29. The average Bonchev–Trinajstić information content (AvgIpc) is 3.23. The van der Waals surface area contributed by atoms with Crippen molar-refractivity contribution in [2.24, 2.45) is 5.92 Å². The van der Waals surface area contributed by atoms with E-state index < -0.39 is 0 Å². The van der Waals surface area contributed by atoms with Gasteiger partial charge in [-0.15, -0.1) is 0 Å². The molecule has 0 radical (unpaired) electrons. The Morgan fingerprint density at radius 3 is 2.87 bits per heavy atom. The Balaban J connectivity index is 1.39. The van der Waals surface area contributed by atoms with Crippen LogP contribution in [-0.4, -0.2) is 50.6 Å². The van der Waals surface area contributed by atoms with Crippen LogP contribution in [0.15, 0.2) is 40.3 Å². The van der Waals surface area contributed by atoms with Gasteiger partial charge in [-0.2, -0.15) is 0 Å². The molecule has 2 fully saturated rings. The lowest BCUT2D eigenvalue weighted by atomic mass is 9.96. The minimum absolute atomic E-state index is 0.560. The van der Waals surface area contributed by atoms with E-state index in [4.69, 9.17) is 21.6 Å². The van der Waals surface area contributed by atoms with Crippen molar-refractivity contribution in [2.75, 3.05) is 24.5 Å². The zero-order chi connectivity index (χ0) is 20.2. The van der Waals surface area contributed by atoms with Crippen molar-refractivity contribution in [1.29, 1.82) is 0 Å². The number of nitrogens with zero attached hydrogens (tertiary/aromatic N) is 6. The zero-order valence-electron chi connectivity index (χ0n) is 16.5. The maximum atomic E-state index is 6.78. The smallest absolute Gasteiger partial charge is 0.194 e. The Morgan fingerprint density at radius 1 is 1.20 bits per heavy atom. The Morgan fingerprint density at radius 2 is 2.10 bits per heavy atom. The van der Waals surface area contributed by atoms with Gasteiger partial charge in [-0.05, 0) is 29.8 Å². The fourth-order valence-electron chi connectivity index (χ4n) is 4.46. The molecule has 2 aliphatic heterocycles. The molecule has 1 aliphatic carbocycles. The molecule has 3 aromatic rings. The first-order valence-corrected chi connectivity index (χ1v) is 11.4. The van der Waals surface area contributed by atoms with E-state index >= 15 is 0 Å². The molecule has 0 amide bonds. The Labute approximate surface area is 183 Å². The average molecular weight is 438 g/mol. The monoisotopic (exact) mass is 437 g/mol. The molecule has 3 aliphatic rings. The highest BCUT2D eigenvalue weighted by molar-refractivity contribution is 7.99. The molecule has 0 spiro atoms. The third kappa shape index (κ3) is 2.97. The molecule has 9 heteroatoms. The summed E-state index contributed by atoms with van der Waals surface area (Å²) < 4.78 is 0. The second kappa shape index (κ2) is 7.14. The molecule has 152 valence electrons. The van der Waals surface area contributed by atoms with Gasteiger partial charge >= 0.3 is 0 Å². The summed E-state index contributed by atoms with van der Waals surface area (Å²) in [4.78, 5) is 26.2. The first-order valence-electron chi connectivity index (χ1n) is 10.2. The van der Waals surface area contributed by atoms with E-state index in [1.807, 2.05) is 6.07 Å². The van der Waals surface area contributed by atoms with Gasteiger partial charge in [0.05, 0.1) is 16.3 Å². The van der Waals surface area contributed by atoms with Crippen LogP contribution in [0.5, 0.6) is 0 Å². The fourth-order valence-corrected chi connectivity index (χ4v) is 5.63. The molecule has 7 nitrogen and oxygen atoms in total. The van der Waals surface area contributed by atoms with Crippen LogP contribution in [0.25, 0.3) is 16.2 Å². The highest BCUT2D eigenvalue weighted by atomic mass is 35.5. The lowest BCUT2D eigenvalue weighted by Crippen LogP contribution is -2.51. The first-order chi connectivity index (χ1) is 14.7. The number of nitrogens with one attached hydrogen (secondary N) is 1. The molecule has 0 aromatic carbocycles. The molecule has 2 unspecified atom stereocenters. The number of hydrogen-bond donors (Lipinski definition) is 1. The van der Waals surface area contributed by atoms with Crippen molar-refractivity contribution in [3.05, 3.63) is 41.5 Å². The van der Waals surface area contributed by atoms with E-state index in [-0.39, 0.29) is 0 Å². The second-order valence-electron chi connectivity index (χ2n) is 7.95. The number of pyridine rings is 1. The van der Waals surface area contributed by atoms with Gasteiger partial charge in [0.1, 0.15) is 11.3 Å². The number of anilines is 1. The van der Waals surface area contributed by atoms with Crippen molar-refractivity contribution in [1.82, 2.24) is 30.2 Å². The molecular weight excluding hydrogens is 418 g/mol. The SMILES string of the molecule is CCC1=C(Cl)c2c(nc(Sc3cnc4nccnc4c3)nc2N2CC3CNC3C2)C1. The molecule has 0 bridgehead atoms. The molecule has 0 saturated carbocycles. The van der Waals surface area contributed by atoms with Crippen LogP contribution in [0.2, 0.25) is 0 Å². The molecular formula is C21H20ClN7S. The minimum Gasteiger partial charge on any atom is -0.354 e. The van der Waals surface area contributed by atoms with Gasteiger partial charge in [0, 0.05) is 61.5 Å². The third-order valence-corrected chi connectivity index (χ3v) is 7.45. The predicted molar refractivity (Wildman–Crippen MR) is 118 cm³/mol. The maximum Gasteiger partial charge on any atom is 0.194 e. The van der Waals surface area contributed by atoms with Gasteiger partial charge in [-0.1, -0.05) is 18.5 Å². The van der Waals surface area contributed by atoms with Crippen molar-refractivity contribution >= 4 is 45.4 Å². The molecule has 5 heterocycles. The summed E-state index contributed by atoms with van der Waals surface area (Å²) in [5.74, 6) is 1.67. The first kappa shape index (κ1) is 18.5. The van der Waals surface area contributed by atoms with E-state index in [0.717, 1.165) is 70.2 Å². The molecule has 30 heavy (non-hydrogen) atoms. The van der Waals surface area contributed by atoms with E-state index in [0.29, 0.717) is 17.6 Å². The summed E-state index contributed by atoms with van der Waals surface area (Å²) in [6, 6.07) is 2.55. The van der Waals surface area contributed by atoms with Gasteiger partial charge in [0.15, 0.2) is 10.8 Å². The fraction of sp³-hybridized carbons (Fsp3) is 0.381. The van der Waals surface area contributed by atoms with Gasteiger partial charge in [-0.25, -0.2) is 19.9 Å².